The molecular weight excluding hydrogens is 212 g/mol. The standard InChI is InChI=1S/C11H11F2N3/c12-8-2-1-3-9(13)11(8)10(14)6-16-5-4-15-7-16/h1-5,7,10H,6,14H2. The van der Waals surface area contributed by atoms with Gasteiger partial charge in [-0.05, 0) is 12.1 Å². The molecule has 1 aromatic carbocycles. The number of aromatic nitrogens is 2. The van der Waals surface area contributed by atoms with Gasteiger partial charge in [-0.1, -0.05) is 6.07 Å². The smallest absolute Gasteiger partial charge is 0.130 e. The Kier molecular flexibility index (Phi) is 2.96. The van der Waals surface area contributed by atoms with Crippen LogP contribution in [-0.2, 0) is 6.54 Å². The molecule has 3 nitrogen and oxygen atoms in total. The van der Waals surface area contributed by atoms with Crippen LogP contribution in [0.5, 0.6) is 0 Å². The summed E-state index contributed by atoms with van der Waals surface area (Å²) in [6.07, 6.45) is 4.83. The fraction of sp³-hybridized carbons (Fsp3) is 0.182. The zero-order valence-electron chi connectivity index (χ0n) is 8.48. The molecule has 1 heterocycles. The van der Waals surface area contributed by atoms with E-state index < -0.39 is 17.7 Å². The van der Waals surface area contributed by atoms with Crippen molar-refractivity contribution in [3.63, 3.8) is 0 Å². The van der Waals surface area contributed by atoms with Gasteiger partial charge in [0.1, 0.15) is 11.6 Å². The van der Waals surface area contributed by atoms with Crippen LogP contribution in [0.3, 0.4) is 0 Å². The summed E-state index contributed by atoms with van der Waals surface area (Å²) in [5, 5.41) is 0. The van der Waals surface area contributed by atoms with Crippen molar-refractivity contribution in [1.82, 2.24) is 9.55 Å². The zero-order chi connectivity index (χ0) is 11.5. The van der Waals surface area contributed by atoms with Gasteiger partial charge in [0, 0.05) is 24.5 Å². The highest BCUT2D eigenvalue weighted by Crippen LogP contribution is 2.19. The van der Waals surface area contributed by atoms with Gasteiger partial charge in [0.15, 0.2) is 0 Å². The highest BCUT2D eigenvalue weighted by molar-refractivity contribution is 5.22. The highest BCUT2D eigenvalue weighted by Gasteiger charge is 2.16. The maximum Gasteiger partial charge on any atom is 0.130 e. The second-order valence-electron chi connectivity index (χ2n) is 3.50. The maximum absolute atomic E-state index is 13.4. The molecule has 2 N–H and O–H groups in total. The molecule has 2 rings (SSSR count). The Labute approximate surface area is 91.5 Å². The molecule has 1 atom stereocenters. The Morgan fingerprint density at radius 3 is 2.56 bits per heavy atom. The lowest BCUT2D eigenvalue weighted by Gasteiger charge is -2.14. The number of rotatable bonds is 3. The topological polar surface area (TPSA) is 43.8 Å². The normalized spacial score (nSPS) is 12.7. The summed E-state index contributed by atoms with van der Waals surface area (Å²) in [6.45, 7) is 0.290. The third-order valence-electron chi connectivity index (χ3n) is 2.34. The first-order chi connectivity index (χ1) is 7.68. The molecule has 1 aromatic heterocycles. The van der Waals surface area contributed by atoms with Crippen LogP contribution >= 0.6 is 0 Å². The van der Waals surface area contributed by atoms with Crippen molar-refractivity contribution in [2.75, 3.05) is 0 Å². The minimum atomic E-state index is -0.726. The van der Waals surface area contributed by atoms with Gasteiger partial charge in [0.25, 0.3) is 0 Å². The average molecular weight is 223 g/mol. The monoisotopic (exact) mass is 223 g/mol. The van der Waals surface area contributed by atoms with Gasteiger partial charge in [-0.25, -0.2) is 13.8 Å². The third kappa shape index (κ3) is 2.09. The summed E-state index contributed by atoms with van der Waals surface area (Å²) in [4.78, 5) is 3.83. The minimum absolute atomic E-state index is 0.0869. The van der Waals surface area contributed by atoms with Gasteiger partial charge >= 0.3 is 0 Å². The van der Waals surface area contributed by atoms with Gasteiger partial charge in [-0.15, -0.1) is 0 Å². The van der Waals surface area contributed by atoms with E-state index in [0.717, 1.165) is 0 Å². The summed E-state index contributed by atoms with van der Waals surface area (Å²) in [5.74, 6) is -1.24. The molecule has 2 aromatic rings. The Morgan fingerprint density at radius 1 is 1.31 bits per heavy atom. The number of halogens is 2. The molecule has 0 bridgehead atoms. The Morgan fingerprint density at radius 2 is 2.00 bits per heavy atom. The highest BCUT2D eigenvalue weighted by atomic mass is 19.1. The molecule has 0 fully saturated rings. The molecular formula is C11H11F2N3. The summed E-state index contributed by atoms with van der Waals surface area (Å²) < 4.78 is 28.4. The number of imidazole rings is 1. The summed E-state index contributed by atoms with van der Waals surface area (Å²) in [6, 6.07) is 2.99. The van der Waals surface area contributed by atoms with E-state index in [4.69, 9.17) is 5.73 Å². The number of benzene rings is 1. The predicted octanol–water partition coefficient (Wildman–Crippen LogP) is 1.86. The van der Waals surface area contributed by atoms with E-state index in [0.29, 0.717) is 0 Å². The van der Waals surface area contributed by atoms with Gasteiger partial charge in [-0.3, -0.25) is 0 Å². The SMILES string of the molecule is NC(Cn1ccnc1)c1c(F)cccc1F. The second-order valence-corrected chi connectivity index (χ2v) is 3.50. The second kappa shape index (κ2) is 4.40. The lowest BCUT2D eigenvalue weighted by atomic mass is 10.1. The van der Waals surface area contributed by atoms with Crippen LogP contribution in [0.4, 0.5) is 8.78 Å². The van der Waals surface area contributed by atoms with Crippen LogP contribution in [-0.4, -0.2) is 9.55 Å². The van der Waals surface area contributed by atoms with E-state index in [1.54, 1.807) is 23.3 Å². The van der Waals surface area contributed by atoms with E-state index in [1.807, 2.05) is 0 Å². The van der Waals surface area contributed by atoms with Crippen molar-refractivity contribution in [1.29, 1.82) is 0 Å². The van der Waals surface area contributed by atoms with Crippen molar-refractivity contribution >= 4 is 0 Å². The van der Waals surface area contributed by atoms with Crippen molar-refractivity contribution in [2.45, 2.75) is 12.6 Å². The first-order valence-electron chi connectivity index (χ1n) is 4.83. The van der Waals surface area contributed by atoms with E-state index in [1.165, 1.54) is 18.2 Å². The van der Waals surface area contributed by atoms with Crippen molar-refractivity contribution < 1.29 is 8.78 Å². The summed E-state index contributed by atoms with van der Waals surface area (Å²) >= 11 is 0. The van der Waals surface area contributed by atoms with E-state index in [2.05, 4.69) is 4.98 Å². The molecule has 1 unspecified atom stereocenters. The Balaban J connectivity index is 2.24. The van der Waals surface area contributed by atoms with Gasteiger partial charge in [0.05, 0.1) is 12.4 Å². The molecule has 0 aliphatic carbocycles. The number of hydrogen-bond acceptors (Lipinski definition) is 2. The first kappa shape index (κ1) is 10.8. The van der Waals surface area contributed by atoms with Crippen molar-refractivity contribution in [3.8, 4) is 0 Å². The molecule has 84 valence electrons. The van der Waals surface area contributed by atoms with Crippen LogP contribution in [0.2, 0.25) is 0 Å². The van der Waals surface area contributed by atoms with Crippen LogP contribution in [0.25, 0.3) is 0 Å². The third-order valence-corrected chi connectivity index (χ3v) is 2.34. The largest absolute Gasteiger partial charge is 0.336 e. The molecule has 0 aliphatic rings. The van der Waals surface area contributed by atoms with Gasteiger partial charge < -0.3 is 10.3 Å². The number of nitrogens with two attached hydrogens (primary N) is 1. The molecule has 0 aliphatic heterocycles. The predicted molar refractivity (Wildman–Crippen MR) is 55.5 cm³/mol. The number of hydrogen-bond donors (Lipinski definition) is 1. The van der Waals surface area contributed by atoms with E-state index >= 15 is 0 Å². The molecule has 0 amide bonds. The van der Waals surface area contributed by atoms with Crippen molar-refractivity contribution in [2.24, 2.45) is 5.73 Å². The fourth-order valence-corrected chi connectivity index (χ4v) is 1.58. The molecule has 0 radical (unpaired) electrons. The molecule has 0 saturated carbocycles. The first-order valence-corrected chi connectivity index (χ1v) is 4.83. The lowest BCUT2D eigenvalue weighted by Crippen LogP contribution is -2.19. The Bertz CT molecular complexity index is 448. The van der Waals surface area contributed by atoms with Gasteiger partial charge in [0.2, 0.25) is 0 Å². The fourth-order valence-electron chi connectivity index (χ4n) is 1.58. The summed E-state index contributed by atoms with van der Waals surface area (Å²) in [5.41, 5.74) is 5.67. The maximum atomic E-state index is 13.4. The van der Waals surface area contributed by atoms with Crippen LogP contribution in [0.1, 0.15) is 11.6 Å². The number of nitrogens with zero attached hydrogens (tertiary/aromatic N) is 2. The quantitative estimate of drug-likeness (QED) is 0.863. The molecule has 5 heteroatoms. The zero-order valence-corrected chi connectivity index (χ0v) is 8.48. The lowest BCUT2D eigenvalue weighted by molar-refractivity contribution is 0.491. The van der Waals surface area contributed by atoms with Crippen LogP contribution < -0.4 is 5.73 Å². The van der Waals surface area contributed by atoms with Crippen molar-refractivity contribution in [3.05, 3.63) is 54.1 Å². The van der Waals surface area contributed by atoms with E-state index in [9.17, 15) is 8.78 Å². The summed E-state index contributed by atoms with van der Waals surface area (Å²) in [7, 11) is 0. The molecule has 16 heavy (non-hydrogen) atoms. The van der Waals surface area contributed by atoms with Crippen LogP contribution in [0.15, 0.2) is 36.9 Å². The molecule has 0 saturated heterocycles. The van der Waals surface area contributed by atoms with E-state index in [-0.39, 0.29) is 12.1 Å². The Hall–Kier alpha value is -1.75. The minimum Gasteiger partial charge on any atom is -0.336 e. The van der Waals surface area contributed by atoms with Crippen LogP contribution in [0, 0.1) is 11.6 Å². The molecule has 0 spiro atoms. The van der Waals surface area contributed by atoms with Gasteiger partial charge in [-0.2, -0.15) is 0 Å². The average Bonchev–Trinajstić information content (AvgIpc) is 2.70.